The molecule has 3 heterocycles. The summed E-state index contributed by atoms with van der Waals surface area (Å²) in [5.74, 6) is 0.839. The van der Waals surface area contributed by atoms with E-state index in [1.165, 1.54) is 0 Å². The normalized spacial score (nSPS) is 13.7. The Hall–Kier alpha value is -3.45. The van der Waals surface area contributed by atoms with Crippen LogP contribution in [0.15, 0.2) is 60.9 Å². The first-order valence-electron chi connectivity index (χ1n) is 10.2. The van der Waals surface area contributed by atoms with Gasteiger partial charge in [0.25, 0.3) is 0 Å². The Balaban J connectivity index is 0.00000106. The number of nitrogens with zero attached hydrogens (tertiary/aromatic N) is 5. The number of benzene rings is 2. The lowest BCUT2D eigenvalue weighted by molar-refractivity contribution is 0.122. The van der Waals surface area contributed by atoms with E-state index >= 15 is 0 Å². The number of ether oxygens (including phenoxy) is 1. The minimum atomic E-state index is 0.194. The van der Waals surface area contributed by atoms with E-state index in [0.29, 0.717) is 30.4 Å². The largest absolute Gasteiger partial charge is 0.508 e. The number of aromatic hydroxyl groups is 1. The summed E-state index contributed by atoms with van der Waals surface area (Å²) >= 11 is 0. The molecule has 0 spiro atoms. The molecule has 0 amide bonds. The van der Waals surface area contributed by atoms with Crippen LogP contribution >= 0.6 is 0 Å². The van der Waals surface area contributed by atoms with Crippen molar-refractivity contribution in [3.8, 4) is 22.7 Å². The molecule has 0 atom stereocenters. The Morgan fingerprint density at radius 3 is 2.43 bits per heavy atom. The van der Waals surface area contributed by atoms with E-state index in [4.69, 9.17) is 14.7 Å². The lowest BCUT2D eigenvalue weighted by Crippen LogP contribution is -2.37. The van der Waals surface area contributed by atoms with E-state index in [-0.39, 0.29) is 5.75 Å². The van der Waals surface area contributed by atoms with Gasteiger partial charge in [-0.25, -0.2) is 9.97 Å². The molecule has 1 N–H and O–H groups in total. The molecule has 5 rings (SSSR count). The summed E-state index contributed by atoms with van der Waals surface area (Å²) in [7, 11) is 0. The number of fused-ring (bicyclic) bond motifs is 1. The van der Waals surface area contributed by atoms with Crippen LogP contribution in [0.2, 0.25) is 0 Å². The molecule has 1 aliphatic rings. The highest BCUT2D eigenvalue weighted by atomic mass is 16.5. The van der Waals surface area contributed by atoms with E-state index in [0.717, 1.165) is 30.0 Å². The molecule has 0 radical (unpaired) electrons. The van der Waals surface area contributed by atoms with E-state index in [1.807, 2.05) is 54.8 Å². The molecule has 1 saturated heterocycles. The molecule has 2 aromatic heterocycles. The van der Waals surface area contributed by atoms with Crippen molar-refractivity contribution in [3.05, 3.63) is 60.9 Å². The summed E-state index contributed by atoms with van der Waals surface area (Å²) in [5.41, 5.74) is 3.93. The van der Waals surface area contributed by atoms with Crippen LogP contribution in [0.5, 0.6) is 5.75 Å². The second-order valence-corrected chi connectivity index (χ2v) is 6.64. The number of phenols is 1. The molecular weight excluding hydrogens is 378 g/mol. The molecule has 0 unspecified atom stereocenters. The average Bonchev–Trinajstić information content (AvgIpc) is 3.25. The van der Waals surface area contributed by atoms with Crippen molar-refractivity contribution in [2.45, 2.75) is 13.8 Å². The third-order valence-corrected chi connectivity index (χ3v) is 4.83. The summed E-state index contributed by atoms with van der Waals surface area (Å²) in [4.78, 5) is 16.4. The van der Waals surface area contributed by atoms with E-state index in [1.54, 1.807) is 24.5 Å². The predicted molar refractivity (Wildman–Crippen MR) is 118 cm³/mol. The quantitative estimate of drug-likeness (QED) is 0.556. The minimum absolute atomic E-state index is 0.194. The summed E-state index contributed by atoms with van der Waals surface area (Å²) in [6.45, 7) is 6.79. The number of phenolic OH excluding ortho intramolecular Hbond substituents is 1. The van der Waals surface area contributed by atoms with Gasteiger partial charge >= 0.3 is 0 Å². The Labute approximate surface area is 175 Å². The summed E-state index contributed by atoms with van der Waals surface area (Å²) in [5, 5.41) is 9.95. The third kappa shape index (κ3) is 3.84. The number of hydrogen-bond donors (Lipinski definition) is 1. The first-order chi connectivity index (χ1) is 14.8. The number of aromatic nitrogens is 4. The van der Waals surface area contributed by atoms with Crippen molar-refractivity contribution >= 4 is 17.1 Å². The maximum Gasteiger partial charge on any atom is 0.228 e. The molecular formula is C23H25N5O2. The first-order valence-corrected chi connectivity index (χ1v) is 10.2. The Morgan fingerprint density at radius 1 is 0.933 bits per heavy atom. The number of rotatable bonds is 3. The SMILES string of the molecule is CC.Oc1cccc(-c2nc(N3CCOCC3)nc3c2ncn3-c2ccccc2)c1. The number of hydrogen-bond acceptors (Lipinski definition) is 6. The van der Waals surface area contributed by atoms with Gasteiger partial charge in [0.1, 0.15) is 23.3 Å². The number of anilines is 1. The standard InChI is InChI=1S/C21H19N5O2.C2H6/c27-17-8-4-5-15(13-17)18-19-20(24-21(23-18)25-9-11-28-12-10-25)26(14-22-19)16-6-2-1-3-7-16;1-2/h1-8,13-14,27H,9-12H2;1-2H3. The number of morpholine rings is 1. The highest BCUT2D eigenvalue weighted by Crippen LogP contribution is 2.30. The van der Waals surface area contributed by atoms with Crippen LogP contribution in [0.3, 0.4) is 0 Å². The lowest BCUT2D eigenvalue weighted by atomic mass is 10.1. The maximum atomic E-state index is 9.95. The van der Waals surface area contributed by atoms with Gasteiger partial charge in [0.2, 0.25) is 5.95 Å². The monoisotopic (exact) mass is 403 g/mol. The van der Waals surface area contributed by atoms with Crippen molar-refractivity contribution in [1.29, 1.82) is 0 Å². The van der Waals surface area contributed by atoms with Crippen molar-refractivity contribution in [2.75, 3.05) is 31.2 Å². The minimum Gasteiger partial charge on any atom is -0.508 e. The molecule has 154 valence electrons. The molecule has 4 aromatic rings. The van der Waals surface area contributed by atoms with Crippen LogP contribution in [-0.4, -0.2) is 50.9 Å². The molecule has 0 saturated carbocycles. The zero-order valence-electron chi connectivity index (χ0n) is 17.2. The Bertz CT molecular complexity index is 1120. The number of para-hydroxylation sites is 1. The summed E-state index contributed by atoms with van der Waals surface area (Å²) < 4.78 is 7.44. The lowest BCUT2D eigenvalue weighted by Gasteiger charge is -2.27. The second-order valence-electron chi connectivity index (χ2n) is 6.64. The van der Waals surface area contributed by atoms with Crippen molar-refractivity contribution in [1.82, 2.24) is 19.5 Å². The first kappa shape index (κ1) is 19.8. The fraction of sp³-hybridized carbons (Fsp3) is 0.261. The number of imidazole rings is 1. The maximum absolute atomic E-state index is 9.95. The third-order valence-electron chi connectivity index (χ3n) is 4.83. The highest BCUT2D eigenvalue weighted by Gasteiger charge is 2.20. The molecule has 7 heteroatoms. The molecule has 0 bridgehead atoms. The zero-order valence-corrected chi connectivity index (χ0v) is 17.2. The van der Waals surface area contributed by atoms with Crippen LogP contribution in [0, 0.1) is 0 Å². The van der Waals surface area contributed by atoms with Gasteiger partial charge < -0.3 is 14.7 Å². The van der Waals surface area contributed by atoms with E-state index in [2.05, 4.69) is 9.88 Å². The van der Waals surface area contributed by atoms with E-state index in [9.17, 15) is 5.11 Å². The summed E-state index contributed by atoms with van der Waals surface area (Å²) in [6.07, 6.45) is 1.77. The Morgan fingerprint density at radius 2 is 1.70 bits per heavy atom. The smallest absolute Gasteiger partial charge is 0.228 e. The molecule has 0 aliphatic carbocycles. The molecule has 30 heavy (non-hydrogen) atoms. The average molecular weight is 403 g/mol. The van der Waals surface area contributed by atoms with E-state index < -0.39 is 0 Å². The van der Waals surface area contributed by atoms with Crippen LogP contribution in [-0.2, 0) is 4.74 Å². The van der Waals surface area contributed by atoms with Gasteiger partial charge in [-0.1, -0.05) is 44.2 Å². The van der Waals surface area contributed by atoms with Gasteiger partial charge in [0.15, 0.2) is 5.65 Å². The fourth-order valence-electron chi connectivity index (χ4n) is 3.43. The molecule has 1 aliphatic heterocycles. The van der Waals surface area contributed by atoms with Crippen molar-refractivity contribution in [3.63, 3.8) is 0 Å². The van der Waals surface area contributed by atoms with Gasteiger partial charge in [0, 0.05) is 24.3 Å². The molecule has 1 fully saturated rings. The van der Waals surface area contributed by atoms with Gasteiger partial charge in [-0.15, -0.1) is 0 Å². The van der Waals surface area contributed by atoms with Crippen LogP contribution in [0.25, 0.3) is 28.1 Å². The molecule has 7 nitrogen and oxygen atoms in total. The summed E-state index contributed by atoms with van der Waals surface area (Å²) in [6, 6.07) is 17.1. The van der Waals surface area contributed by atoms with Crippen LogP contribution in [0.4, 0.5) is 5.95 Å². The van der Waals surface area contributed by atoms with Gasteiger partial charge in [-0.3, -0.25) is 4.57 Å². The van der Waals surface area contributed by atoms with Crippen molar-refractivity contribution < 1.29 is 9.84 Å². The topological polar surface area (TPSA) is 76.3 Å². The zero-order chi connectivity index (χ0) is 20.9. The van der Waals surface area contributed by atoms with Crippen LogP contribution in [0.1, 0.15) is 13.8 Å². The van der Waals surface area contributed by atoms with Gasteiger partial charge in [0.05, 0.1) is 13.2 Å². The Kier molecular flexibility index (Phi) is 5.90. The predicted octanol–water partition coefficient (Wildman–Crippen LogP) is 4.05. The van der Waals surface area contributed by atoms with Crippen LogP contribution < -0.4 is 4.90 Å². The molecule has 2 aromatic carbocycles. The highest BCUT2D eigenvalue weighted by molar-refractivity contribution is 5.89. The second kappa shape index (κ2) is 8.92. The van der Waals surface area contributed by atoms with Gasteiger partial charge in [-0.2, -0.15) is 4.98 Å². The van der Waals surface area contributed by atoms with Gasteiger partial charge in [-0.05, 0) is 24.3 Å². The van der Waals surface area contributed by atoms with Crippen molar-refractivity contribution in [2.24, 2.45) is 0 Å². The fourth-order valence-corrected chi connectivity index (χ4v) is 3.43.